The maximum absolute atomic E-state index is 6.39. The van der Waals surface area contributed by atoms with Crippen molar-refractivity contribution in [1.29, 1.82) is 0 Å². The van der Waals surface area contributed by atoms with Gasteiger partial charge in [-0.1, -0.05) is 25.2 Å². The number of anilines is 1. The van der Waals surface area contributed by atoms with E-state index in [2.05, 4.69) is 37.7 Å². The lowest BCUT2D eigenvalue weighted by atomic mass is 9.77. The molecule has 2 heterocycles. The Kier molecular flexibility index (Phi) is 4.01. The van der Waals surface area contributed by atoms with Crippen LogP contribution in [0.25, 0.3) is 0 Å². The molecule has 1 saturated heterocycles. The summed E-state index contributed by atoms with van der Waals surface area (Å²) < 4.78 is 0. The first-order chi connectivity index (χ1) is 9.85. The average Bonchev–Trinajstić information content (AvgIpc) is 2.92. The lowest BCUT2D eigenvalue weighted by Crippen LogP contribution is -2.37. The summed E-state index contributed by atoms with van der Waals surface area (Å²) in [5.74, 6) is 0. The molecular weight excluding hydrogens is 280 g/mol. The highest BCUT2D eigenvalue weighted by Gasteiger charge is 2.35. The van der Waals surface area contributed by atoms with E-state index in [9.17, 15) is 0 Å². The molecule has 4 nitrogen and oxygen atoms in total. The fraction of sp³-hybridized carbons (Fsp3) is 0.812. The summed E-state index contributed by atoms with van der Waals surface area (Å²) in [6.07, 6.45) is 4.70. The summed E-state index contributed by atoms with van der Waals surface area (Å²) in [5.41, 5.74) is 7.94. The Morgan fingerprint density at radius 1 is 1.43 bits per heavy atom. The van der Waals surface area contributed by atoms with Crippen molar-refractivity contribution in [3.8, 4) is 0 Å². The molecule has 2 atom stereocenters. The predicted octanol–water partition coefficient (Wildman–Crippen LogP) is 2.65. The van der Waals surface area contributed by atoms with Crippen LogP contribution in [0, 0.1) is 5.41 Å². The zero-order chi connectivity index (χ0) is 15.2. The number of nitrogens with zero attached hydrogens (tertiary/aromatic N) is 3. The summed E-state index contributed by atoms with van der Waals surface area (Å²) in [6.45, 7) is 6.87. The van der Waals surface area contributed by atoms with Gasteiger partial charge in [-0.25, -0.2) is 4.98 Å². The molecule has 2 aliphatic rings. The molecule has 0 amide bonds. The molecule has 1 aromatic rings. The first-order valence-electron chi connectivity index (χ1n) is 8.02. The van der Waals surface area contributed by atoms with Gasteiger partial charge in [0.05, 0.1) is 5.69 Å². The minimum absolute atomic E-state index is 0.171. The van der Waals surface area contributed by atoms with Gasteiger partial charge in [0.1, 0.15) is 0 Å². The number of hydrogen-bond acceptors (Lipinski definition) is 5. The molecule has 2 unspecified atom stereocenters. The third-order valence-electron chi connectivity index (χ3n) is 4.67. The van der Waals surface area contributed by atoms with Gasteiger partial charge in [-0.15, -0.1) is 0 Å². The number of rotatable bonds is 3. The van der Waals surface area contributed by atoms with Crippen molar-refractivity contribution in [1.82, 2.24) is 9.88 Å². The van der Waals surface area contributed by atoms with Crippen LogP contribution < -0.4 is 10.6 Å². The van der Waals surface area contributed by atoms with Gasteiger partial charge in [0.25, 0.3) is 0 Å². The smallest absolute Gasteiger partial charge is 0.186 e. The second-order valence-electron chi connectivity index (χ2n) is 7.71. The van der Waals surface area contributed by atoms with Crippen molar-refractivity contribution in [2.24, 2.45) is 11.1 Å². The number of likely N-dealkylation sites (N-methyl/N-ethyl adjacent to an activating group) is 1. The third kappa shape index (κ3) is 3.10. The van der Waals surface area contributed by atoms with Gasteiger partial charge < -0.3 is 15.5 Å². The average molecular weight is 308 g/mol. The molecule has 1 aliphatic heterocycles. The Labute approximate surface area is 132 Å². The normalized spacial score (nSPS) is 28.2. The number of hydrogen-bond donors (Lipinski definition) is 1. The topological polar surface area (TPSA) is 45.4 Å². The van der Waals surface area contributed by atoms with Gasteiger partial charge in [-0.05, 0) is 45.2 Å². The quantitative estimate of drug-likeness (QED) is 0.932. The van der Waals surface area contributed by atoms with E-state index < -0.39 is 0 Å². The molecule has 0 spiro atoms. The largest absolute Gasteiger partial charge is 0.344 e. The SMILES string of the molecule is CN(C)CC1CCCN1c1nc2c(s1)C(N)CC(C)(C)C2. The second-order valence-corrected chi connectivity index (χ2v) is 8.72. The summed E-state index contributed by atoms with van der Waals surface area (Å²) in [5, 5.41) is 1.21. The van der Waals surface area contributed by atoms with Gasteiger partial charge in [-0.2, -0.15) is 0 Å². The fourth-order valence-corrected chi connectivity index (χ4v) is 4.98. The maximum atomic E-state index is 6.39. The Balaban J connectivity index is 1.84. The molecule has 0 aromatic carbocycles. The molecule has 0 saturated carbocycles. The number of nitrogens with two attached hydrogens (primary N) is 1. The van der Waals surface area contributed by atoms with E-state index in [0.717, 1.165) is 25.9 Å². The first-order valence-corrected chi connectivity index (χ1v) is 8.84. The van der Waals surface area contributed by atoms with Crippen LogP contribution in [0.2, 0.25) is 0 Å². The molecule has 3 rings (SSSR count). The van der Waals surface area contributed by atoms with Crippen molar-refractivity contribution in [2.75, 3.05) is 32.1 Å². The number of thiazole rings is 1. The zero-order valence-corrected chi connectivity index (χ0v) is 14.5. The van der Waals surface area contributed by atoms with Gasteiger partial charge >= 0.3 is 0 Å². The molecule has 1 fully saturated rings. The van der Waals surface area contributed by atoms with Crippen LogP contribution in [-0.4, -0.2) is 43.1 Å². The van der Waals surface area contributed by atoms with E-state index in [0.29, 0.717) is 6.04 Å². The highest BCUT2D eigenvalue weighted by Crippen LogP contribution is 2.44. The minimum Gasteiger partial charge on any atom is -0.344 e. The predicted molar refractivity (Wildman–Crippen MR) is 90.1 cm³/mol. The van der Waals surface area contributed by atoms with Crippen LogP contribution in [0.4, 0.5) is 5.13 Å². The number of fused-ring (bicyclic) bond motifs is 1. The molecular formula is C16H28N4S. The Morgan fingerprint density at radius 2 is 2.19 bits per heavy atom. The van der Waals surface area contributed by atoms with E-state index in [1.54, 1.807) is 0 Å². The minimum atomic E-state index is 0.171. The van der Waals surface area contributed by atoms with Crippen molar-refractivity contribution in [2.45, 2.75) is 51.6 Å². The van der Waals surface area contributed by atoms with E-state index >= 15 is 0 Å². The second kappa shape index (κ2) is 5.52. The summed E-state index contributed by atoms with van der Waals surface area (Å²) in [4.78, 5) is 11.1. The number of aromatic nitrogens is 1. The van der Waals surface area contributed by atoms with Crippen molar-refractivity contribution in [3.05, 3.63) is 10.6 Å². The lowest BCUT2D eigenvalue weighted by Gasteiger charge is -2.32. The lowest BCUT2D eigenvalue weighted by molar-refractivity contribution is 0.282. The fourth-order valence-electron chi connectivity index (χ4n) is 3.80. The molecule has 21 heavy (non-hydrogen) atoms. The van der Waals surface area contributed by atoms with Crippen LogP contribution in [0.15, 0.2) is 0 Å². The van der Waals surface area contributed by atoms with Crippen LogP contribution in [0.3, 0.4) is 0 Å². The van der Waals surface area contributed by atoms with Crippen molar-refractivity contribution < 1.29 is 0 Å². The van der Waals surface area contributed by atoms with Crippen molar-refractivity contribution >= 4 is 16.5 Å². The van der Waals surface area contributed by atoms with Gasteiger partial charge in [0.2, 0.25) is 0 Å². The zero-order valence-electron chi connectivity index (χ0n) is 13.7. The van der Waals surface area contributed by atoms with Gasteiger partial charge in [0.15, 0.2) is 5.13 Å². The molecule has 0 radical (unpaired) electrons. The van der Waals surface area contributed by atoms with E-state index in [1.807, 2.05) is 11.3 Å². The van der Waals surface area contributed by atoms with Gasteiger partial charge in [0, 0.05) is 30.1 Å². The Hall–Kier alpha value is -0.650. The third-order valence-corrected chi connectivity index (χ3v) is 5.94. The van der Waals surface area contributed by atoms with Gasteiger partial charge in [-0.3, -0.25) is 0 Å². The van der Waals surface area contributed by atoms with Crippen LogP contribution in [0.1, 0.15) is 49.7 Å². The summed E-state index contributed by atoms with van der Waals surface area (Å²) in [6, 6.07) is 0.779. The monoisotopic (exact) mass is 308 g/mol. The van der Waals surface area contributed by atoms with E-state index in [1.165, 1.54) is 28.5 Å². The van der Waals surface area contributed by atoms with Crippen LogP contribution in [-0.2, 0) is 6.42 Å². The summed E-state index contributed by atoms with van der Waals surface area (Å²) >= 11 is 1.84. The molecule has 118 valence electrons. The molecule has 2 N–H and O–H groups in total. The van der Waals surface area contributed by atoms with E-state index in [4.69, 9.17) is 10.7 Å². The van der Waals surface area contributed by atoms with Crippen LogP contribution in [0.5, 0.6) is 0 Å². The highest BCUT2D eigenvalue weighted by atomic mass is 32.1. The summed E-state index contributed by atoms with van der Waals surface area (Å²) in [7, 11) is 4.31. The molecule has 1 aliphatic carbocycles. The first kappa shape index (κ1) is 15.3. The Bertz CT molecular complexity index is 508. The maximum Gasteiger partial charge on any atom is 0.186 e. The van der Waals surface area contributed by atoms with Crippen LogP contribution >= 0.6 is 11.3 Å². The highest BCUT2D eigenvalue weighted by molar-refractivity contribution is 7.15. The molecule has 5 heteroatoms. The Morgan fingerprint density at radius 3 is 2.90 bits per heavy atom. The van der Waals surface area contributed by atoms with Crippen molar-refractivity contribution in [3.63, 3.8) is 0 Å². The standard InChI is InChI=1S/C16H28N4S/c1-16(2)8-12(17)14-13(9-16)18-15(21-14)20-7-5-6-11(20)10-19(3)4/h11-12H,5-10,17H2,1-4H3. The molecule has 1 aromatic heterocycles. The molecule has 0 bridgehead atoms. The van der Waals surface area contributed by atoms with E-state index in [-0.39, 0.29) is 11.5 Å².